The molecule has 3 fully saturated rings. The van der Waals surface area contributed by atoms with Gasteiger partial charge in [-0.05, 0) is 113 Å². The van der Waals surface area contributed by atoms with E-state index in [2.05, 4.69) is 36.9 Å². The maximum absolute atomic E-state index is 15.2. The van der Waals surface area contributed by atoms with Crippen molar-refractivity contribution >= 4 is 74.4 Å². The van der Waals surface area contributed by atoms with Crippen LogP contribution in [0.4, 0.5) is 21.7 Å². The third-order valence-electron chi connectivity index (χ3n) is 17.0. The Morgan fingerprint density at radius 3 is 1.49 bits per heavy atom. The number of rotatable bonds is 13. The summed E-state index contributed by atoms with van der Waals surface area (Å²) in [5.41, 5.74) is 6.90. The van der Waals surface area contributed by atoms with Crippen molar-refractivity contribution in [3.05, 3.63) is 164 Å². The molecule has 21 heteroatoms. The molecule has 0 spiro atoms. The lowest BCUT2D eigenvalue weighted by atomic mass is 10.0. The van der Waals surface area contributed by atoms with E-state index in [0.717, 1.165) is 52.6 Å². The summed E-state index contributed by atoms with van der Waals surface area (Å²) in [4.78, 5) is 97.7. The highest BCUT2D eigenvalue weighted by molar-refractivity contribution is 6.34. The zero-order valence-corrected chi connectivity index (χ0v) is 54.4. The number of nitrogens with zero attached hydrogens (tertiary/aromatic N) is 14. The van der Waals surface area contributed by atoms with Crippen LogP contribution in [-0.4, -0.2) is 130 Å². The van der Waals surface area contributed by atoms with Crippen LogP contribution in [0.3, 0.4) is 0 Å². The van der Waals surface area contributed by atoms with Gasteiger partial charge in [0, 0.05) is 87.7 Å². The minimum atomic E-state index is -0.548. The molecule has 2 aliphatic heterocycles. The molecule has 11 rings (SSSR count). The molecular weight excluding hydrogens is 1170 g/mol. The first kappa shape index (κ1) is 63.6. The molecule has 1 saturated carbocycles. The Kier molecular flexibility index (Phi) is 18.3. The number of anilines is 3. The molecule has 0 radical (unpaired) electrons. The maximum atomic E-state index is 15.2. The predicted octanol–water partition coefficient (Wildman–Crippen LogP) is 12.4. The van der Waals surface area contributed by atoms with Gasteiger partial charge in [-0.25, -0.2) is 43.0 Å². The lowest BCUT2D eigenvalue weighted by Crippen LogP contribution is -2.58. The Labute approximate surface area is 528 Å². The number of pyridine rings is 3. The number of carbonyl (C=O) groups excluding carboxylic acids is 2. The number of fused-ring (bicyclic) bond motifs is 2. The summed E-state index contributed by atoms with van der Waals surface area (Å²) in [7, 11) is 3.88. The molecule has 2 amide bonds. The molecule has 8 aromatic rings. The topological polar surface area (TPSA) is 185 Å². The Hall–Kier alpha value is -8.42. The molecule has 18 nitrogen and oxygen atoms in total. The molecule has 6 aromatic heterocycles. The number of piperazine rings is 2. The van der Waals surface area contributed by atoms with Gasteiger partial charge in [0.05, 0.1) is 66.3 Å². The highest BCUT2D eigenvalue weighted by atomic mass is 35.5. The molecule has 0 N–H and O–H groups in total. The van der Waals surface area contributed by atoms with Gasteiger partial charge in [0.1, 0.15) is 23.3 Å². The first-order valence-electron chi connectivity index (χ1n) is 30.4. The maximum Gasteiger partial charge on any atom is 0.355 e. The van der Waals surface area contributed by atoms with Gasteiger partial charge < -0.3 is 24.5 Å². The van der Waals surface area contributed by atoms with E-state index in [1.54, 1.807) is 44.8 Å². The Bertz CT molecular complexity index is 4180. The minimum absolute atomic E-state index is 0.0241. The fourth-order valence-corrected chi connectivity index (χ4v) is 12.7. The Balaban J connectivity index is 0.000000197. The fourth-order valence-electron chi connectivity index (χ4n) is 12.2. The summed E-state index contributed by atoms with van der Waals surface area (Å²) >= 11 is 13.9. The summed E-state index contributed by atoms with van der Waals surface area (Å²) in [6.45, 7) is 31.3. The summed E-state index contributed by atoms with van der Waals surface area (Å²) in [6.07, 6.45) is 6.51. The van der Waals surface area contributed by atoms with Gasteiger partial charge in [-0.1, -0.05) is 114 Å². The normalized spacial score (nSPS) is 17.8. The molecule has 2 saturated heterocycles. The van der Waals surface area contributed by atoms with Gasteiger partial charge >= 0.3 is 11.4 Å². The zero-order chi connectivity index (χ0) is 64.2. The quantitative estimate of drug-likeness (QED) is 0.0993. The van der Waals surface area contributed by atoms with Crippen molar-refractivity contribution in [2.24, 2.45) is 0 Å². The van der Waals surface area contributed by atoms with Crippen LogP contribution in [-0.2, 0) is 9.59 Å². The number of amides is 2. The summed E-state index contributed by atoms with van der Waals surface area (Å²) in [5.74, 6) is 1.22. The van der Waals surface area contributed by atoms with Gasteiger partial charge in [0.15, 0.2) is 11.3 Å². The largest absolute Gasteiger partial charge is 0.376 e. The first-order chi connectivity index (χ1) is 42.3. The molecule has 464 valence electrons. The van der Waals surface area contributed by atoms with Gasteiger partial charge in [0.2, 0.25) is 11.8 Å². The van der Waals surface area contributed by atoms with Crippen LogP contribution >= 0.6 is 23.2 Å². The number of hydrogen-bond donors (Lipinski definition) is 0. The second-order valence-corrected chi connectivity index (χ2v) is 25.6. The van der Waals surface area contributed by atoms with Crippen LogP contribution in [0.15, 0.2) is 108 Å². The van der Waals surface area contributed by atoms with Crippen LogP contribution < -0.4 is 26.1 Å². The van der Waals surface area contributed by atoms with E-state index in [4.69, 9.17) is 53.1 Å². The number of carbonyl (C=O) groups is 2. The number of hydrogen-bond acceptors (Lipinski definition) is 14. The molecule has 1 aliphatic carbocycles. The summed E-state index contributed by atoms with van der Waals surface area (Å²) in [5, 5.41) is 1.86. The van der Waals surface area contributed by atoms with Gasteiger partial charge in [-0.15, -0.1) is 0 Å². The van der Waals surface area contributed by atoms with Crippen LogP contribution in [0, 0.1) is 12.7 Å². The summed E-state index contributed by atoms with van der Waals surface area (Å²) < 4.78 is 18.2. The van der Waals surface area contributed by atoms with Crippen molar-refractivity contribution in [2.45, 2.75) is 137 Å². The lowest BCUT2D eigenvalue weighted by molar-refractivity contribution is -0.129. The highest BCUT2D eigenvalue weighted by Gasteiger charge is 2.38. The van der Waals surface area contributed by atoms with Crippen molar-refractivity contribution in [3.8, 4) is 33.9 Å². The van der Waals surface area contributed by atoms with Crippen LogP contribution in [0.25, 0.3) is 56.0 Å². The molecule has 0 bridgehead atoms. The first-order valence-corrected chi connectivity index (χ1v) is 31.2. The third kappa shape index (κ3) is 12.1. The number of aromatic nitrogens is 9. The van der Waals surface area contributed by atoms with E-state index < -0.39 is 17.2 Å². The SMILES string of the molecule is C=CC(=O)N1CC(C)N(c2nc(=O)n(-c3c(C(C)C)nc(C4CC4)nc3C(C)C)c3nc(-c4ccccc4F)c(Cl)cc23)CC1C.C=CC(=O)N1CC(C)N(c2nc(=O)n(-c3c(N(C)C)ccnc3C(C)C)c3nc(-c4ccccc4C)c(Cl)cc23)CC1C. The summed E-state index contributed by atoms with van der Waals surface area (Å²) in [6, 6.07) is 19.1. The second kappa shape index (κ2) is 25.6. The average Bonchev–Trinajstić information content (AvgIpc) is 1.61. The molecule has 89 heavy (non-hydrogen) atoms. The molecule has 2 aromatic carbocycles. The van der Waals surface area contributed by atoms with Crippen molar-refractivity contribution < 1.29 is 14.0 Å². The number of benzene rings is 2. The molecule has 8 heterocycles. The smallest absolute Gasteiger partial charge is 0.355 e. The van der Waals surface area contributed by atoms with E-state index >= 15 is 4.39 Å². The predicted molar refractivity (Wildman–Crippen MR) is 354 cm³/mol. The fraction of sp³-hybridized carbons (Fsp3) is 0.397. The molecular formula is C68H77Cl2FN14O4. The molecule has 4 unspecified atom stereocenters. The van der Waals surface area contributed by atoms with E-state index in [0.29, 0.717) is 82.2 Å². The van der Waals surface area contributed by atoms with Crippen LogP contribution in [0.5, 0.6) is 0 Å². The lowest BCUT2D eigenvalue weighted by Gasteiger charge is -2.44. The second-order valence-electron chi connectivity index (χ2n) is 24.8. The average molecular weight is 1240 g/mol. The van der Waals surface area contributed by atoms with Gasteiger partial charge in [-0.2, -0.15) is 9.97 Å². The number of aryl methyl sites for hydroxylation is 1. The Morgan fingerprint density at radius 1 is 0.607 bits per heavy atom. The highest BCUT2D eigenvalue weighted by Crippen LogP contribution is 2.43. The van der Waals surface area contributed by atoms with Crippen LogP contribution in [0.2, 0.25) is 10.0 Å². The van der Waals surface area contributed by atoms with E-state index in [9.17, 15) is 19.2 Å². The third-order valence-corrected chi connectivity index (χ3v) is 17.5. The molecule has 3 aliphatic rings. The van der Waals surface area contributed by atoms with Crippen molar-refractivity contribution in [2.75, 3.05) is 55.0 Å². The van der Waals surface area contributed by atoms with E-state index in [1.807, 2.05) is 123 Å². The van der Waals surface area contributed by atoms with Gasteiger partial charge in [-0.3, -0.25) is 14.6 Å². The molecule has 4 atom stereocenters. The van der Waals surface area contributed by atoms with Crippen molar-refractivity contribution in [1.29, 1.82) is 0 Å². The number of halogens is 3. The van der Waals surface area contributed by atoms with Crippen LogP contribution in [0.1, 0.15) is 134 Å². The van der Waals surface area contributed by atoms with E-state index in [1.165, 1.54) is 22.8 Å². The van der Waals surface area contributed by atoms with E-state index in [-0.39, 0.29) is 75.7 Å². The monoisotopic (exact) mass is 1240 g/mol. The standard InChI is InChI=1S/C35H39ClFN7O2.C33H38ClN7O2/c1-8-27(45)42-16-21(7)43(17-20(42)6)33-24-15-25(36)30(23-11-9-10-12-26(23)37)40-34(24)44(35(46)41-33)31-28(18(2)3)38-32(22-13-14-22)39-29(31)19(4)5;1-9-27(42)39-17-22(6)40(18-21(39)5)31-24-16-25(34)29(23-13-11-10-12-20(23)4)36-32(24)41(33(43)37-31)30-26(38(7)8)14-15-35-28(30)19(2)3/h8-12,15,18-22H,1,13-14,16-17H2,2-7H3;9-16,19,21-22H,1,17-18H2,2-8H3. The van der Waals surface area contributed by atoms with Crippen molar-refractivity contribution in [3.63, 3.8) is 0 Å². The minimum Gasteiger partial charge on any atom is -0.376 e. The van der Waals surface area contributed by atoms with Crippen molar-refractivity contribution in [1.82, 2.24) is 53.8 Å². The Morgan fingerprint density at radius 2 is 1.06 bits per heavy atom. The van der Waals surface area contributed by atoms with Gasteiger partial charge in [0.25, 0.3) is 0 Å². The zero-order valence-electron chi connectivity index (χ0n) is 52.9.